The van der Waals surface area contributed by atoms with E-state index >= 15 is 0 Å². The maximum atomic E-state index is 12.4. The predicted molar refractivity (Wildman–Crippen MR) is 81.5 cm³/mol. The van der Waals surface area contributed by atoms with Crippen LogP contribution in [0.3, 0.4) is 0 Å². The Balaban J connectivity index is 1.98. The van der Waals surface area contributed by atoms with Crippen LogP contribution in [-0.2, 0) is 9.59 Å². The van der Waals surface area contributed by atoms with Crippen molar-refractivity contribution in [1.29, 1.82) is 0 Å². The van der Waals surface area contributed by atoms with Crippen molar-refractivity contribution in [3.05, 3.63) is 0 Å². The van der Waals surface area contributed by atoms with Crippen molar-refractivity contribution in [3.8, 4) is 0 Å². The molecule has 0 aromatic carbocycles. The van der Waals surface area contributed by atoms with Crippen LogP contribution in [0.2, 0.25) is 0 Å². The molecule has 3 unspecified atom stereocenters. The first-order chi connectivity index (χ1) is 9.11. The van der Waals surface area contributed by atoms with Gasteiger partial charge >= 0.3 is 0 Å². The highest BCUT2D eigenvalue weighted by molar-refractivity contribution is 8.06. The molecule has 3 atom stereocenters. The van der Waals surface area contributed by atoms with Gasteiger partial charge in [-0.1, -0.05) is 20.3 Å². The van der Waals surface area contributed by atoms with Crippen molar-refractivity contribution < 1.29 is 9.59 Å². The second kappa shape index (κ2) is 6.88. The number of piperazine rings is 1. The fraction of sp³-hybridized carbons (Fsp3) is 0.846. The largest absolute Gasteiger partial charge is 0.342 e. The quantitative estimate of drug-likeness (QED) is 0.848. The molecule has 4 nitrogen and oxygen atoms in total. The summed E-state index contributed by atoms with van der Waals surface area (Å²) >= 11 is 3.87. The van der Waals surface area contributed by atoms with Gasteiger partial charge in [0.15, 0.2) is 0 Å². The summed E-state index contributed by atoms with van der Waals surface area (Å²) in [6, 6.07) is -0.326. The number of amides is 2. The molecule has 0 aliphatic carbocycles. The highest BCUT2D eigenvalue weighted by Gasteiger charge is 2.36. The Morgan fingerprint density at radius 2 is 2.21 bits per heavy atom. The van der Waals surface area contributed by atoms with Gasteiger partial charge in [0, 0.05) is 29.1 Å². The van der Waals surface area contributed by atoms with Crippen molar-refractivity contribution in [2.24, 2.45) is 5.92 Å². The van der Waals surface area contributed by atoms with Crippen LogP contribution in [-0.4, -0.2) is 58.4 Å². The third-order valence-corrected chi connectivity index (χ3v) is 6.58. The fourth-order valence-corrected chi connectivity index (χ4v) is 5.08. The summed E-state index contributed by atoms with van der Waals surface area (Å²) in [5, 5.41) is 3.32. The monoisotopic (exact) mass is 302 g/mol. The summed E-state index contributed by atoms with van der Waals surface area (Å²) in [6.45, 7) is 5.03. The first-order valence-electron chi connectivity index (χ1n) is 6.89. The number of carbonyl (C=O) groups excluding carboxylic acids is 2. The van der Waals surface area contributed by atoms with E-state index in [1.165, 1.54) is 5.75 Å². The zero-order chi connectivity index (χ0) is 13.8. The Kier molecular flexibility index (Phi) is 5.45. The topological polar surface area (TPSA) is 49.4 Å². The molecule has 2 heterocycles. The summed E-state index contributed by atoms with van der Waals surface area (Å²) in [7, 11) is 0. The van der Waals surface area contributed by atoms with E-state index in [-0.39, 0.29) is 30.3 Å². The van der Waals surface area contributed by atoms with Crippen LogP contribution in [0.5, 0.6) is 0 Å². The molecule has 0 spiro atoms. The van der Waals surface area contributed by atoms with Crippen molar-refractivity contribution in [2.45, 2.75) is 31.6 Å². The van der Waals surface area contributed by atoms with Gasteiger partial charge in [0.25, 0.3) is 0 Å². The zero-order valence-electron chi connectivity index (χ0n) is 11.6. The first kappa shape index (κ1) is 15.0. The molecule has 6 heteroatoms. The molecule has 2 amide bonds. The van der Waals surface area contributed by atoms with Crippen molar-refractivity contribution in [2.75, 3.05) is 30.3 Å². The second-order valence-corrected chi connectivity index (χ2v) is 7.78. The molecule has 2 saturated heterocycles. The number of nitrogens with one attached hydrogen (secondary N) is 1. The lowest BCUT2D eigenvalue weighted by atomic mass is 9.96. The minimum absolute atomic E-state index is 0.0154. The average Bonchev–Trinajstić information content (AvgIpc) is 2.42. The van der Waals surface area contributed by atoms with E-state index in [1.54, 1.807) is 4.90 Å². The zero-order valence-corrected chi connectivity index (χ0v) is 13.2. The van der Waals surface area contributed by atoms with Gasteiger partial charge < -0.3 is 10.2 Å². The molecular weight excluding hydrogens is 280 g/mol. The maximum absolute atomic E-state index is 12.4. The van der Waals surface area contributed by atoms with E-state index in [1.807, 2.05) is 30.4 Å². The SMILES string of the molecule is CCC(C)C1NC(=O)CN(CC2CSCCS2)C1=O. The van der Waals surface area contributed by atoms with E-state index in [9.17, 15) is 9.59 Å². The average molecular weight is 302 g/mol. The molecule has 0 aromatic heterocycles. The van der Waals surface area contributed by atoms with Crippen LogP contribution in [0.25, 0.3) is 0 Å². The Bertz CT molecular complexity index is 346. The Morgan fingerprint density at radius 1 is 1.42 bits per heavy atom. The van der Waals surface area contributed by atoms with Gasteiger partial charge in [-0.3, -0.25) is 9.59 Å². The van der Waals surface area contributed by atoms with E-state index < -0.39 is 0 Å². The lowest BCUT2D eigenvalue weighted by Crippen LogP contribution is -2.61. The molecular formula is C13H22N2O2S2. The molecule has 2 aliphatic heterocycles. The van der Waals surface area contributed by atoms with Crippen molar-refractivity contribution >= 4 is 35.3 Å². The number of hydrogen-bond acceptors (Lipinski definition) is 4. The molecule has 0 aromatic rings. The van der Waals surface area contributed by atoms with Crippen LogP contribution >= 0.6 is 23.5 Å². The lowest BCUT2D eigenvalue weighted by molar-refractivity contribution is -0.145. The van der Waals surface area contributed by atoms with Gasteiger partial charge in [0.1, 0.15) is 6.04 Å². The van der Waals surface area contributed by atoms with E-state index in [0.717, 1.165) is 24.5 Å². The second-order valence-electron chi connectivity index (χ2n) is 5.22. The van der Waals surface area contributed by atoms with Gasteiger partial charge in [-0.2, -0.15) is 23.5 Å². The minimum Gasteiger partial charge on any atom is -0.342 e. The first-order valence-corrected chi connectivity index (χ1v) is 9.09. The number of rotatable bonds is 4. The fourth-order valence-electron chi connectivity index (χ4n) is 2.39. The normalized spacial score (nSPS) is 30.1. The maximum Gasteiger partial charge on any atom is 0.245 e. The Hall–Kier alpha value is -0.360. The van der Waals surface area contributed by atoms with Crippen LogP contribution in [0.1, 0.15) is 20.3 Å². The summed E-state index contributed by atoms with van der Waals surface area (Å²) in [5.74, 6) is 3.73. The van der Waals surface area contributed by atoms with Gasteiger partial charge in [-0.25, -0.2) is 0 Å². The standard InChI is InChI=1S/C13H22N2O2S2/c1-3-9(2)12-13(17)15(7-11(16)14-12)6-10-8-18-4-5-19-10/h9-10,12H,3-8H2,1-2H3,(H,14,16). The van der Waals surface area contributed by atoms with Gasteiger partial charge in [0.2, 0.25) is 11.8 Å². The Labute approximate surface area is 123 Å². The molecule has 19 heavy (non-hydrogen) atoms. The number of hydrogen-bond donors (Lipinski definition) is 1. The third-order valence-electron chi connectivity index (χ3n) is 3.75. The highest BCUT2D eigenvalue weighted by Crippen LogP contribution is 2.25. The summed E-state index contributed by atoms with van der Waals surface area (Å²) in [5.41, 5.74) is 0. The van der Waals surface area contributed by atoms with E-state index in [2.05, 4.69) is 12.2 Å². The lowest BCUT2D eigenvalue weighted by Gasteiger charge is -2.37. The summed E-state index contributed by atoms with van der Waals surface area (Å²) in [6.07, 6.45) is 0.901. The molecule has 0 radical (unpaired) electrons. The molecule has 1 N–H and O–H groups in total. The smallest absolute Gasteiger partial charge is 0.245 e. The Morgan fingerprint density at radius 3 is 2.84 bits per heavy atom. The molecule has 2 rings (SSSR count). The van der Waals surface area contributed by atoms with Crippen LogP contribution < -0.4 is 5.32 Å². The minimum atomic E-state index is -0.326. The van der Waals surface area contributed by atoms with Gasteiger partial charge in [-0.15, -0.1) is 0 Å². The summed E-state index contributed by atoms with van der Waals surface area (Å²) < 4.78 is 0. The van der Waals surface area contributed by atoms with Crippen LogP contribution in [0.4, 0.5) is 0 Å². The van der Waals surface area contributed by atoms with E-state index in [4.69, 9.17) is 0 Å². The molecule has 0 bridgehead atoms. The van der Waals surface area contributed by atoms with Crippen LogP contribution in [0.15, 0.2) is 0 Å². The highest BCUT2D eigenvalue weighted by atomic mass is 32.2. The molecule has 108 valence electrons. The van der Waals surface area contributed by atoms with Crippen LogP contribution in [0, 0.1) is 5.92 Å². The third kappa shape index (κ3) is 3.81. The van der Waals surface area contributed by atoms with Gasteiger partial charge in [0.05, 0.1) is 6.54 Å². The number of thioether (sulfide) groups is 2. The predicted octanol–water partition coefficient (Wildman–Crippen LogP) is 1.21. The molecule has 2 aliphatic rings. The number of nitrogens with zero attached hydrogens (tertiary/aromatic N) is 1. The number of carbonyl (C=O) groups is 2. The molecule has 0 saturated carbocycles. The van der Waals surface area contributed by atoms with Gasteiger partial charge in [-0.05, 0) is 5.92 Å². The molecule has 2 fully saturated rings. The van der Waals surface area contributed by atoms with E-state index in [0.29, 0.717) is 5.25 Å². The van der Waals surface area contributed by atoms with Crippen molar-refractivity contribution in [3.63, 3.8) is 0 Å². The van der Waals surface area contributed by atoms with Crippen molar-refractivity contribution in [1.82, 2.24) is 10.2 Å². The summed E-state index contributed by atoms with van der Waals surface area (Å²) in [4.78, 5) is 26.0.